The predicted octanol–water partition coefficient (Wildman–Crippen LogP) is 4.40. The van der Waals surface area contributed by atoms with Crippen LogP contribution in [0.25, 0.3) is 21.8 Å². The van der Waals surface area contributed by atoms with Crippen LogP contribution in [0.15, 0.2) is 65.0 Å². The monoisotopic (exact) mass is 515 g/mol. The van der Waals surface area contributed by atoms with Gasteiger partial charge in [0.05, 0.1) is 24.9 Å². The quantitative estimate of drug-likeness (QED) is 0.347. The molecule has 0 bridgehead atoms. The second-order valence-corrected chi connectivity index (χ2v) is 10.3. The van der Waals surface area contributed by atoms with Crippen LogP contribution in [-0.2, 0) is 19.5 Å². The second-order valence-electron chi connectivity index (χ2n) is 9.48. The van der Waals surface area contributed by atoms with E-state index in [9.17, 15) is 4.79 Å². The van der Waals surface area contributed by atoms with Crippen molar-refractivity contribution in [1.29, 1.82) is 0 Å². The van der Waals surface area contributed by atoms with Crippen LogP contribution in [-0.4, -0.2) is 64.7 Å². The Labute approximate surface area is 222 Å². The van der Waals surface area contributed by atoms with E-state index in [1.54, 1.807) is 30.8 Å². The van der Waals surface area contributed by atoms with Crippen molar-refractivity contribution in [3.63, 3.8) is 0 Å². The molecule has 0 N–H and O–H groups in total. The van der Waals surface area contributed by atoms with Crippen LogP contribution in [0.2, 0.25) is 0 Å². The van der Waals surface area contributed by atoms with E-state index in [0.29, 0.717) is 12.1 Å². The number of likely N-dealkylation sites (N-methyl/N-ethyl adjacent to an activating group) is 1. The number of hydrogen-bond donors (Lipinski definition) is 0. The summed E-state index contributed by atoms with van der Waals surface area (Å²) in [6.07, 6.45) is 4.32. The number of methoxy groups -OCH3 is 1. The predicted molar refractivity (Wildman–Crippen MR) is 149 cm³/mol. The van der Waals surface area contributed by atoms with Gasteiger partial charge in [-0.15, -0.1) is 11.3 Å². The fraction of sp³-hybridized carbons (Fsp3) is 0.345. The number of thiazole rings is 1. The Balaban J connectivity index is 1.57. The van der Waals surface area contributed by atoms with E-state index in [-0.39, 0.29) is 5.56 Å². The lowest BCUT2D eigenvalue weighted by Crippen LogP contribution is -2.44. The van der Waals surface area contributed by atoms with Gasteiger partial charge in [-0.3, -0.25) is 14.7 Å². The molecule has 1 aliphatic heterocycles. The van der Waals surface area contributed by atoms with Crippen LogP contribution < -0.4 is 10.3 Å². The number of ether oxygens (including phenoxy) is 1. The Hall–Kier alpha value is -3.33. The van der Waals surface area contributed by atoms with Crippen LogP contribution >= 0.6 is 11.3 Å². The average Bonchev–Trinajstić information content (AvgIpc) is 3.43. The van der Waals surface area contributed by atoms with Crippen LogP contribution in [0.1, 0.15) is 23.7 Å². The lowest BCUT2D eigenvalue weighted by atomic mass is 10.0. The Morgan fingerprint density at radius 3 is 2.41 bits per heavy atom. The zero-order valence-electron chi connectivity index (χ0n) is 21.7. The zero-order chi connectivity index (χ0) is 25.8. The van der Waals surface area contributed by atoms with E-state index in [4.69, 9.17) is 9.72 Å². The summed E-state index contributed by atoms with van der Waals surface area (Å²) in [5, 5.41) is 2.88. The topological polar surface area (TPSA) is 63.5 Å². The molecular formula is C29H33N5O2S. The Morgan fingerprint density at radius 1 is 1.00 bits per heavy atom. The summed E-state index contributed by atoms with van der Waals surface area (Å²) in [7, 11) is 3.83. The Morgan fingerprint density at radius 2 is 1.73 bits per heavy atom. The van der Waals surface area contributed by atoms with E-state index >= 15 is 0 Å². The number of nitrogens with zero attached hydrogens (tertiary/aromatic N) is 5. The minimum atomic E-state index is 0.00127. The first-order valence-corrected chi connectivity index (χ1v) is 13.6. The van der Waals surface area contributed by atoms with Crippen molar-refractivity contribution in [2.24, 2.45) is 0 Å². The lowest BCUT2D eigenvalue weighted by molar-refractivity contribution is 0.147. The lowest BCUT2D eigenvalue weighted by Gasteiger charge is -2.33. The Bertz CT molecular complexity index is 1390. The van der Waals surface area contributed by atoms with Gasteiger partial charge in [-0.2, -0.15) is 0 Å². The zero-order valence-corrected chi connectivity index (χ0v) is 22.5. The minimum absolute atomic E-state index is 0.00127. The van der Waals surface area contributed by atoms with Gasteiger partial charge >= 0.3 is 0 Å². The number of pyridine rings is 2. The summed E-state index contributed by atoms with van der Waals surface area (Å²) < 4.78 is 7.28. The van der Waals surface area contributed by atoms with Gasteiger partial charge in [0.25, 0.3) is 5.56 Å². The average molecular weight is 516 g/mol. The van der Waals surface area contributed by atoms with Gasteiger partial charge in [0.15, 0.2) is 0 Å². The summed E-state index contributed by atoms with van der Waals surface area (Å²) in [5.41, 5.74) is 5.76. The maximum Gasteiger partial charge on any atom is 0.260 e. The molecule has 1 fully saturated rings. The van der Waals surface area contributed by atoms with Crippen molar-refractivity contribution in [2.45, 2.75) is 26.4 Å². The van der Waals surface area contributed by atoms with Gasteiger partial charge in [0.2, 0.25) is 0 Å². The first kappa shape index (κ1) is 25.3. The SMILES string of the molecule is CCc1c(CN2CCN(C)CC2)cc(-c2csc(-c3ccncc3)n2)c(=O)n1Cc1ccc(OC)cc1. The fourth-order valence-electron chi connectivity index (χ4n) is 4.85. The largest absolute Gasteiger partial charge is 0.497 e. The molecule has 0 radical (unpaired) electrons. The van der Waals surface area contributed by atoms with Gasteiger partial charge < -0.3 is 14.2 Å². The van der Waals surface area contributed by atoms with E-state index in [1.165, 1.54) is 5.56 Å². The van der Waals surface area contributed by atoms with Crippen molar-refractivity contribution >= 4 is 11.3 Å². The molecule has 8 heteroatoms. The highest BCUT2D eigenvalue weighted by Crippen LogP contribution is 2.29. The van der Waals surface area contributed by atoms with Crippen LogP contribution in [0.4, 0.5) is 0 Å². The van der Waals surface area contributed by atoms with Crippen LogP contribution in [0.3, 0.4) is 0 Å². The molecule has 4 aromatic rings. The molecule has 5 rings (SSSR count). The first-order valence-electron chi connectivity index (χ1n) is 12.7. The molecular weight excluding hydrogens is 482 g/mol. The maximum atomic E-state index is 14.0. The first-order chi connectivity index (χ1) is 18.1. The molecule has 0 atom stereocenters. The second kappa shape index (κ2) is 11.4. The van der Waals surface area contributed by atoms with Gasteiger partial charge in [-0.05, 0) is 54.9 Å². The molecule has 3 aromatic heterocycles. The highest BCUT2D eigenvalue weighted by Gasteiger charge is 2.21. The third-order valence-electron chi connectivity index (χ3n) is 7.02. The molecule has 1 aliphatic rings. The maximum absolute atomic E-state index is 14.0. The van der Waals surface area contributed by atoms with E-state index in [1.807, 2.05) is 46.3 Å². The van der Waals surface area contributed by atoms with Crippen molar-refractivity contribution in [2.75, 3.05) is 40.3 Å². The van der Waals surface area contributed by atoms with E-state index < -0.39 is 0 Å². The third kappa shape index (κ3) is 5.66. The van der Waals surface area contributed by atoms with Gasteiger partial charge in [0.1, 0.15) is 10.8 Å². The van der Waals surface area contributed by atoms with Crippen molar-refractivity contribution in [1.82, 2.24) is 24.3 Å². The molecule has 7 nitrogen and oxygen atoms in total. The normalized spacial score (nSPS) is 14.7. The molecule has 0 aliphatic carbocycles. The van der Waals surface area contributed by atoms with Crippen molar-refractivity contribution < 1.29 is 4.74 Å². The molecule has 37 heavy (non-hydrogen) atoms. The molecule has 1 aromatic carbocycles. The van der Waals surface area contributed by atoms with Crippen molar-refractivity contribution in [3.8, 4) is 27.6 Å². The smallest absolute Gasteiger partial charge is 0.260 e. The molecule has 0 unspecified atom stereocenters. The number of hydrogen-bond acceptors (Lipinski definition) is 7. The highest BCUT2D eigenvalue weighted by atomic mass is 32.1. The summed E-state index contributed by atoms with van der Waals surface area (Å²) in [6, 6.07) is 13.9. The summed E-state index contributed by atoms with van der Waals surface area (Å²) in [5.74, 6) is 0.808. The van der Waals surface area contributed by atoms with Gasteiger partial charge in [-0.1, -0.05) is 19.1 Å². The van der Waals surface area contributed by atoms with Crippen LogP contribution in [0.5, 0.6) is 5.75 Å². The number of benzene rings is 1. The summed E-state index contributed by atoms with van der Waals surface area (Å²) in [4.78, 5) is 27.8. The summed E-state index contributed by atoms with van der Waals surface area (Å²) in [6.45, 7) is 7.63. The summed E-state index contributed by atoms with van der Waals surface area (Å²) >= 11 is 1.55. The third-order valence-corrected chi connectivity index (χ3v) is 7.91. The number of rotatable bonds is 8. The molecule has 0 amide bonds. The van der Waals surface area contributed by atoms with Crippen molar-refractivity contribution in [3.05, 3.63) is 87.4 Å². The molecule has 0 spiro atoms. The fourth-order valence-corrected chi connectivity index (χ4v) is 5.68. The van der Waals surface area contributed by atoms with Gasteiger partial charge in [-0.25, -0.2) is 4.98 Å². The minimum Gasteiger partial charge on any atom is -0.497 e. The Kier molecular flexibility index (Phi) is 7.79. The number of aromatic nitrogens is 3. The van der Waals surface area contributed by atoms with E-state index in [2.05, 4.69) is 34.8 Å². The van der Waals surface area contributed by atoms with Gasteiger partial charge in [0, 0.05) is 61.8 Å². The molecule has 1 saturated heterocycles. The standard InChI is InChI=1S/C29H33N5O2S/c1-4-27-23(19-33-15-13-32(2)14-16-33)17-25(26-20-37-28(31-26)22-9-11-30-12-10-22)29(35)34(27)18-21-5-7-24(36-3)8-6-21/h5-12,17,20H,4,13-16,18-19H2,1-3H3. The van der Waals surface area contributed by atoms with E-state index in [0.717, 1.165) is 72.4 Å². The highest BCUT2D eigenvalue weighted by molar-refractivity contribution is 7.13. The molecule has 4 heterocycles. The molecule has 192 valence electrons. The molecule has 0 saturated carbocycles. The van der Waals surface area contributed by atoms with Crippen LogP contribution in [0, 0.1) is 0 Å². The number of piperazine rings is 1.